The monoisotopic (exact) mass is 302 g/mol. The van der Waals surface area contributed by atoms with Crippen molar-refractivity contribution in [2.24, 2.45) is 0 Å². The average molecular weight is 302 g/mol. The zero-order valence-electron chi connectivity index (χ0n) is 13.5. The third kappa shape index (κ3) is 9.58. The molecule has 3 atom stereocenters. The van der Waals surface area contributed by atoms with E-state index in [1.165, 1.54) is 32.1 Å². The molecule has 0 bridgehead atoms. The lowest BCUT2D eigenvalue weighted by atomic mass is 10.1. The summed E-state index contributed by atoms with van der Waals surface area (Å²) in [5.41, 5.74) is 0. The van der Waals surface area contributed by atoms with E-state index in [0.29, 0.717) is 19.0 Å². The minimum absolute atomic E-state index is 0.267. The lowest BCUT2D eigenvalue weighted by Crippen LogP contribution is -2.34. The van der Waals surface area contributed by atoms with Crippen molar-refractivity contribution in [1.82, 2.24) is 0 Å². The fourth-order valence-electron chi connectivity index (χ4n) is 2.27. The molecule has 5 heteroatoms. The van der Waals surface area contributed by atoms with Crippen LogP contribution in [0, 0.1) is 0 Å². The van der Waals surface area contributed by atoms with E-state index in [1.807, 2.05) is 4.58 Å². The van der Waals surface area contributed by atoms with Crippen molar-refractivity contribution in [1.29, 1.82) is 0 Å². The van der Waals surface area contributed by atoms with Gasteiger partial charge >= 0.3 is 5.97 Å². The number of carboxylic acids is 1. The van der Waals surface area contributed by atoms with Gasteiger partial charge in [-0.3, -0.25) is 0 Å². The summed E-state index contributed by atoms with van der Waals surface area (Å²) in [5.74, 6) is -1.38. The van der Waals surface area contributed by atoms with Gasteiger partial charge in [-0.1, -0.05) is 32.6 Å². The summed E-state index contributed by atoms with van der Waals surface area (Å²) < 4.78 is 1.99. The predicted molar refractivity (Wildman–Crippen MR) is 84.0 cm³/mol. The molecule has 0 saturated heterocycles. The van der Waals surface area contributed by atoms with Crippen LogP contribution < -0.4 is 0 Å². The molecule has 0 aromatic carbocycles. The van der Waals surface area contributed by atoms with E-state index in [1.54, 1.807) is 0 Å². The van der Waals surface area contributed by atoms with Gasteiger partial charge in [0.25, 0.3) is 0 Å². The molecule has 0 rings (SSSR count). The number of aliphatic hydroxyl groups is 2. The maximum absolute atomic E-state index is 10.5. The molecule has 3 N–H and O–H groups in total. The van der Waals surface area contributed by atoms with Crippen LogP contribution in [-0.2, 0) is 4.79 Å². The van der Waals surface area contributed by atoms with Crippen molar-refractivity contribution >= 4 is 12.7 Å². The molecule has 0 saturated carbocycles. The number of unbranched alkanes of at least 4 members (excludes halogenated alkanes) is 4. The Bertz CT molecular complexity index is 307. The molecule has 0 spiro atoms. The van der Waals surface area contributed by atoms with Crippen LogP contribution in [0.1, 0.15) is 65.2 Å². The second-order valence-electron chi connectivity index (χ2n) is 5.86. The summed E-state index contributed by atoms with van der Waals surface area (Å²) >= 11 is 0. The Morgan fingerprint density at radius 3 is 2.29 bits per heavy atom. The molecule has 0 aliphatic carbocycles. The fourth-order valence-corrected chi connectivity index (χ4v) is 2.27. The molecule has 0 aliphatic heterocycles. The van der Waals surface area contributed by atoms with Crippen molar-refractivity contribution in [2.75, 3.05) is 6.54 Å². The van der Waals surface area contributed by atoms with Crippen LogP contribution in [0.2, 0.25) is 0 Å². The Hall–Kier alpha value is -0.940. The number of aliphatic hydroxyl groups excluding tert-OH is 2. The van der Waals surface area contributed by atoms with Crippen LogP contribution in [0.25, 0.3) is 0 Å². The van der Waals surface area contributed by atoms with E-state index in [2.05, 4.69) is 20.6 Å². The second kappa shape index (κ2) is 11.7. The van der Waals surface area contributed by atoms with E-state index in [0.717, 1.165) is 6.42 Å². The molecule has 124 valence electrons. The molecule has 0 aromatic rings. The Balaban J connectivity index is 3.75. The van der Waals surface area contributed by atoms with E-state index in [-0.39, 0.29) is 6.42 Å². The molecule has 0 aliphatic rings. The summed E-state index contributed by atoms with van der Waals surface area (Å²) in [5, 5.41) is 27.2. The number of carbonyl (C=O) groups is 1. The molecule has 5 nitrogen and oxygen atoms in total. The highest BCUT2D eigenvalue weighted by Crippen LogP contribution is 2.10. The molecule has 1 unspecified atom stereocenters. The van der Waals surface area contributed by atoms with Crippen molar-refractivity contribution in [3.05, 3.63) is 0 Å². The van der Waals surface area contributed by atoms with Crippen molar-refractivity contribution in [3.8, 4) is 0 Å². The lowest BCUT2D eigenvalue weighted by Gasteiger charge is -2.14. The molecule has 0 radical (unpaired) electrons. The van der Waals surface area contributed by atoms with Crippen LogP contribution >= 0.6 is 0 Å². The van der Waals surface area contributed by atoms with Gasteiger partial charge in [-0.2, -0.15) is 0 Å². The van der Waals surface area contributed by atoms with E-state index in [4.69, 9.17) is 5.11 Å². The Morgan fingerprint density at radius 1 is 1.10 bits per heavy atom. The maximum Gasteiger partial charge on any atom is 0.335 e. The number of rotatable bonds is 13. The highest BCUT2D eigenvalue weighted by Gasteiger charge is 2.23. The number of aliphatic carboxylic acids is 1. The van der Waals surface area contributed by atoms with Crippen LogP contribution in [0.4, 0.5) is 0 Å². The quantitative estimate of drug-likeness (QED) is 0.276. The van der Waals surface area contributed by atoms with Gasteiger partial charge in [0.1, 0.15) is 19.3 Å². The first-order valence-corrected chi connectivity index (χ1v) is 8.06. The van der Waals surface area contributed by atoms with Gasteiger partial charge in [-0.05, 0) is 19.8 Å². The normalized spacial score (nSPS) is 15.4. The van der Waals surface area contributed by atoms with Crippen molar-refractivity contribution in [2.45, 2.75) is 83.5 Å². The molecule has 21 heavy (non-hydrogen) atoms. The Kier molecular flexibility index (Phi) is 11.2. The maximum atomic E-state index is 10.5. The number of hydrogen-bond acceptors (Lipinski definition) is 3. The van der Waals surface area contributed by atoms with Crippen LogP contribution in [0.3, 0.4) is 0 Å². The third-order valence-corrected chi connectivity index (χ3v) is 3.91. The fraction of sp³-hybridized carbons (Fsp3) is 0.875. The first-order chi connectivity index (χ1) is 9.90. The summed E-state index contributed by atoms with van der Waals surface area (Å²) in [6.45, 7) is 9.04. The van der Waals surface area contributed by atoms with Gasteiger partial charge in [0.2, 0.25) is 0 Å². The highest BCUT2D eigenvalue weighted by atomic mass is 16.4. The Morgan fingerprint density at radius 2 is 1.71 bits per heavy atom. The van der Waals surface area contributed by atoms with Gasteiger partial charge in [0.05, 0.1) is 6.10 Å². The molecule has 0 aromatic heterocycles. The van der Waals surface area contributed by atoms with Gasteiger partial charge in [-0.25, -0.2) is 9.37 Å². The Labute approximate surface area is 128 Å². The second-order valence-corrected chi connectivity index (χ2v) is 5.86. The lowest BCUT2D eigenvalue weighted by molar-refractivity contribution is -0.556. The summed E-state index contributed by atoms with van der Waals surface area (Å²) in [4.78, 5) is 10.5. The predicted octanol–water partition coefficient (Wildman–Crippen LogP) is 2.04. The zero-order valence-corrected chi connectivity index (χ0v) is 13.5. The van der Waals surface area contributed by atoms with Crippen LogP contribution in [-0.4, -0.2) is 57.4 Å². The van der Waals surface area contributed by atoms with E-state index < -0.39 is 18.2 Å². The van der Waals surface area contributed by atoms with Crippen molar-refractivity contribution < 1.29 is 24.7 Å². The smallest absolute Gasteiger partial charge is 0.335 e. The topological polar surface area (TPSA) is 80.8 Å². The molecule has 0 fully saturated rings. The highest BCUT2D eigenvalue weighted by molar-refractivity contribution is 5.72. The van der Waals surface area contributed by atoms with Gasteiger partial charge in [-0.15, -0.1) is 0 Å². The third-order valence-electron chi connectivity index (χ3n) is 3.91. The summed E-state index contributed by atoms with van der Waals surface area (Å²) in [7, 11) is 0. The first kappa shape index (κ1) is 20.1. The number of carboxylic acid groups (broad SMARTS) is 1. The first-order valence-electron chi connectivity index (χ1n) is 8.06. The van der Waals surface area contributed by atoms with Gasteiger partial charge in [0, 0.05) is 12.8 Å². The summed E-state index contributed by atoms with van der Waals surface area (Å²) in [6.07, 6.45) is 5.39. The van der Waals surface area contributed by atoms with Crippen LogP contribution in [0.15, 0.2) is 0 Å². The molecule has 0 amide bonds. The minimum Gasteiger partial charge on any atom is -0.479 e. The number of nitrogens with zero attached hydrogens (tertiary/aromatic N) is 1. The minimum atomic E-state index is -1.70. The van der Waals surface area contributed by atoms with Crippen molar-refractivity contribution in [3.63, 3.8) is 0 Å². The molecule has 0 heterocycles. The SMILES string of the molecule is C=[N+](CCC[C@@H](O)[C@H](O)C(=O)O)C(C)CCCCCCC. The van der Waals surface area contributed by atoms with Crippen LogP contribution in [0.5, 0.6) is 0 Å². The number of hydrogen-bond donors (Lipinski definition) is 3. The van der Waals surface area contributed by atoms with Gasteiger partial charge < -0.3 is 15.3 Å². The summed E-state index contributed by atoms with van der Waals surface area (Å²) in [6, 6.07) is 0.383. The van der Waals surface area contributed by atoms with Gasteiger partial charge in [0.15, 0.2) is 6.10 Å². The van der Waals surface area contributed by atoms with E-state index in [9.17, 15) is 15.0 Å². The van der Waals surface area contributed by atoms with E-state index >= 15 is 0 Å². The molecular weight excluding hydrogens is 270 g/mol. The largest absolute Gasteiger partial charge is 0.479 e. The standard InChI is InChI=1S/C16H31NO4/c1-4-5-6-7-8-10-13(2)17(3)12-9-11-14(18)15(19)16(20)21/h13-15,18-19H,3-12H2,1-2H3/p+1/t13?,14-,15+/m1/s1. The molecular formula is C16H32NO4+. The zero-order chi connectivity index (χ0) is 16.3. The average Bonchev–Trinajstić information content (AvgIpc) is 2.45.